The molecule has 0 aliphatic carbocycles. The van der Waals surface area contributed by atoms with E-state index < -0.39 is 6.04 Å². The van der Waals surface area contributed by atoms with Crippen molar-refractivity contribution >= 4 is 23.4 Å². The van der Waals surface area contributed by atoms with E-state index in [2.05, 4.69) is 15.5 Å². The van der Waals surface area contributed by atoms with Crippen LogP contribution in [0.1, 0.15) is 48.2 Å². The first-order chi connectivity index (χ1) is 15.7. The first-order valence-corrected chi connectivity index (χ1v) is 11.5. The molecule has 1 heterocycles. The van der Waals surface area contributed by atoms with E-state index in [0.29, 0.717) is 17.8 Å². The van der Waals surface area contributed by atoms with E-state index in [0.717, 1.165) is 37.1 Å². The summed E-state index contributed by atoms with van der Waals surface area (Å²) in [6, 6.07) is 14.3. The zero-order chi connectivity index (χ0) is 24.0. The molecule has 2 unspecified atom stereocenters. The Morgan fingerprint density at radius 1 is 1.12 bits per heavy atom. The van der Waals surface area contributed by atoms with Crippen LogP contribution in [0.5, 0.6) is 0 Å². The number of hydrogen-bond donors (Lipinski definition) is 3. The van der Waals surface area contributed by atoms with Gasteiger partial charge in [0.25, 0.3) is 5.91 Å². The number of piperidine rings is 1. The lowest BCUT2D eigenvalue weighted by Gasteiger charge is -2.31. The minimum atomic E-state index is -0.656. The lowest BCUT2D eigenvalue weighted by atomic mass is 9.97. The molecule has 0 saturated carbocycles. The zero-order valence-corrected chi connectivity index (χ0v) is 19.6. The Balaban J connectivity index is 1.58. The van der Waals surface area contributed by atoms with E-state index in [1.165, 1.54) is 0 Å². The maximum atomic E-state index is 12.9. The highest BCUT2D eigenvalue weighted by atomic mass is 16.2. The molecule has 0 spiro atoms. The quantitative estimate of drug-likeness (QED) is 0.575. The Morgan fingerprint density at radius 3 is 2.48 bits per heavy atom. The van der Waals surface area contributed by atoms with Crippen LogP contribution in [-0.2, 0) is 16.1 Å². The molecular weight excluding hydrogens is 416 g/mol. The fourth-order valence-electron chi connectivity index (χ4n) is 4.15. The van der Waals surface area contributed by atoms with Gasteiger partial charge in [0.1, 0.15) is 6.04 Å². The number of hydrogen-bond acceptors (Lipinski definition) is 4. The van der Waals surface area contributed by atoms with Gasteiger partial charge in [-0.25, -0.2) is 0 Å². The summed E-state index contributed by atoms with van der Waals surface area (Å²) in [5, 5.41) is 5.78. The molecule has 4 N–H and O–H groups in total. The van der Waals surface area contributed by atoms with Gasteiger partial charge in [-0.2, -0.15) is 0 Å². The number of nitrogens with two attached hydrogens (primary N) is 1. The Hall–Kier alpha value is -3.19. The highest BCUT2D eigenvalue weighted by molar-refractivity contribution is 6.01. The van der Waals surface area contributed by atoms with E-state index >= 15 is 0 Å². The monoisotopic (exact) mass is 450 g/mol. The maximum absolute atomic E-state index is 12.9. The molecule has 1 fully saturated rings. The van der Waals surface area contributed by atoms with Crippen LogP contribution in [0.2, 0.25) is 0 Å². The molecule has 3 amide bonds. The number of aryl methyl sites for hydroxylation is 1. The Bertz CT molecular complexity index is 987. The number of nitrogens with one attached hydrogen (secondary N) is 2. The second kappa shape index (κ2) is 11.1. The number of rotatable bonds is 8. The predicted molar refractivity (Wildman–Crippen MR) is 130 cm³/mol. The van der Waals surface area contributed by atoms with Crippen molar-refractivity contribution in [1.29, 1.82) is 0 Å². The molecule has 7 heteroatoms. The van der Waals surface area contributed by atoms with Crippen LogP contribution in [-0.4, -0.2) is 41.8 Å². The standard InChI is InChI=1S/C26H34N4O3/c1-17(2)23(29-25(32)20-7-4-6-18(3)14-20)26(33)28-22-11-9-19(10-12-22)15-30-13-5-8-21(16-30)24(27)31/h4,6-7,9-12,14,17,21,23H,5,8,13,15-16H2,1-3H3,(H2,27,31)(H,28,33)(H,29,32). The van der Waals surface area contributed by atoms with Crippen LogP contribution in [0, 0.1) is 18.8 Å². The molecular formula is C26H34N4O3. The Labute approximate surface area is 195 Å². The largest absolute Gasteiger partial charge is 0.369 e. The molecule has 0 bridgehead atoms. The summed E-state index contributed by atoms with van der Waals surface area (Å²) in [7, 11) is 0. The number of amides is 3. The fourth-order valence-corrected chi connectivity index (χ4v) is 4.15. The van der Waals surface area contributed by atoms with Crippen LogP contribution >= 0.6 is 0 Å². The molecule has 176 valence electrons. The number of primary amides is 1. The number of carbonyl (C=O) groups is 3. The third-order valence-corrected chi connectivity index (χ3v) is 6.05. The van der Waals surface area contributed by atoms with E-state index in [4.69, 9.17) is 5.73 Å². The van der Waals surface area contributed by atoms with Gasteiger partial charge in [0.05, 0.1) is 5.92 Å². The van der Waals surface area contributed by atoms with Gasteiger partial charge in [0.15, 0.2) is 0 Å². The van der Waals surface area contributed by atoms with Gasteiger partial charge in [-0.05, 0) is 62.1 Å². The normalized spacial score (nSPS) is 17.4. The van der Waals surface area contributed by atoms with Gasteiger partial charge >= 0.3 is 0 Å². The lowest BCUT2D eigenvalue weighted by Crippen LogP contribution is -2.47. The lowest BCUT2D eigenvalue weighted by molar-refractivity contribution is -0.123. The summed E-state index contributed by atoms with van der Waals surface area (Å²) in [5.41, 5.74) is 8.77. The van der Waals surface area contributed by atoms with Gasteiger partial charge in [-0.15, -0.1) is 0 Å². The molecule has 7 nitrogen and oxygen atoms in total. The van der Waals surface area contributed by atoms with Gasteiger partial charge in [0.2, 0.25) is 11.8 Å². The summed E-state index contributed by atoms with van der Waals surface area (Å²) in [6.45, 7) is 8.10. The van der Waals surface area contributed by atoms with Crippen LogP contribution in [0.15, 0.2) is 48.5 Å². The second-order valence-electron chi connectivity index (χ2n) is 9.23. The second-order valence-corrected chi connectivity index (χ2v) is 9.23. The van der Waals surface area contributed by atoms with Crippen molar-refractivity contribution in [3.8, 4) is 0 Å². The average molecular weight is 451 g/mol. The van der Waals surface area contributed by atoms with Gasteiger partial charge in [0, 0.05) is 24.3 Å². The third-order valence-electron chi connectivity index (χ3n) is 6.05. The first kappa shape index (κ1) is 24.5. The fraction of sp³-hybridized carbons (Fsp3) is 0.423. The van der Waals surface area contributed by atoms with Gasteiger partial charge < -0.3 is 16.4 Å². The maximum Gasteiger partial charge on any atom is 0.251 e. The summed E-state index contributed by atoms with van der Waals surface area (Å²) in [5.74, 6) is -0.902. The zero-order valence-electron chi connectivity index (χ0n) is 19.6. The summed E-state index contributed by atoms with van der Waals surface area (Å²) >= 11 is 0. The summed E-state index contributed by atoms with van der Waals surface area (Å²) in [6.07, 6.45) is 1.82. The van der Waals surface area contributed by atoms with Crippen molar-refractivity contribution in [3.05, 3.63) is 65.2 Å². The van der Waals surface area contributed by atoms with Gasteiger partial charge in [-0.1, -0.05) is 43.7 Å². The topological polar surface area (TPSA) is 105 Å². The van der Waals surface area contributed by atoms with Crippen molar-refractivity contribution in [2.75, 3.05) is 18.4 Å². The number of anilines is 1. The average Bonchev–Trinajstić information content (AvgIpc) is 2.78. The number of nitrogens with zero attached hydrogens (tertiary/aromatic N) is 1. The third kappa shape index (κ3) is 6.89. The molecule has 0 aromatic heterocycles. The highest BCUT2D eigenvalue weighted by Gasteiger charge is 2.26. The van der Waals surface area contributed by atoms with Crippen LogP contribution in [0.4, 0.5) is 5.69 Å². The smallest absolute Gasteiger partial charge is 0.251 e. The highest BCUT2D eigenvalue weighted by Crippen LogP contribution is 2.19. The van der Waals surface area contributed by atoms with Crippen LogP contribution < -0.4 is 16.4 Å². The Kier molecular flexibility index (Phi) is 8.22. The number of benzene rings is 2. The van der Waals surface area contributed by atoms with E-state index in [1.54, 1.807) is 12.1 Å². The molecule has 3 rings (SSSR count). The molecule has 0 radical (unpaired) electrons. The van der Waals surface area contributed by atoms with E-state index in [1.807, 2.05) is 57.2 Å². The SMILES string of the molecule is Cc1cccc(C(=O)NC(C(=O)Nc2ccc(CN3CCCC(C(N)=O)C3)cc2)C(C)C)c1. The van der Waals surface area contributed by atoms with Crippen molar-refractivity contribution in [1.82, 2.24) is 10.2 Å². The molecule has 33 heavy (non-hydrogen) atoms. The first-order valence-electron chi connectivity index (χ1n) is 11.5. The van der Waals surface area contributed by atoms with Crippen molar-refractivity contribution in [2.24, 2.45) is 17.6 Å². The minimum Gasteiger partial charge on any atom is -0.369 e. The minimum absolute atomic E-state index is 0.0738. The molecule has 2 aromatic rings. The molecule has 2 atom stereocenters. The molecule has 2 aromatic carbocycles. The van der Waals surface area contributed by atoms with Crippen molar-refractivity contribution in [2.45, 2.75) is 46.2 Å². The Morgan fingerprint density at radius 2 is 1.85 bits per heavy atom. The van der Waals surface area contributed by atoms with Crippen LogP contribution in [0.25, 0.3) is 0 Å². The summed E-state index contributed by atoms with van der Waals surface area (Å²) in [4.78, 5) is 39.3. The van der Waals surface area contributed by atoms with Crippen LogP contribution in [0.3, 0.4) is 0 Å². The number of carbonyl (C=O) groups excluding carboxylic acids is 3. The number of likely N-dealkylation sites (tertiary alicyclic amines) is 1. The molecule has 1 saturated heterocycles. The molecule has 1 aliphatic rings. The van der Waals surface area contributed by atoms with Gasteiger partial charge in [-0.3, -0.25) is 19.3 Å². The predicted octanol–water partition coefficient (Wildman–Crippen LogP) is 3.09. The van der Waals surface area contributed by atoms with Crippen molar-refractivity contribution < 1.29 is 14.4 Å². The molecule has 1 aliphatic heterocycles. The van der Waals surface area contributed by atoms with E-state index in [9.17, 15) is 14.4 Å². The van der Waals surface area contributed by atoms with Crippen molar-refractivity contribution in [3.63, 3.8) is 0 Å². The summed E-state index contributed by atoms with van der Waals surface area (Å²) < 4.78 is 0. The van der Waals surface area contributed by atoms with E-state index in [-0.39, 0.29) is 29.6 Å².